The Balaban J connectivity index is 1.65. The molecule has 0 saturated carbocycles. The second-order valence-electron chi connectivity index (χ2n) is 7.95. The van der Waals surface area contributed by atoms with Crippen LogP contribution in [-0.2, 0) is 20.0 Å². The van der Waals surface area contributed by atoms with E-state index in [4.69, 9.17) is 0 Å². The molecule has 1 unspecified atom stereocenters. The lowest BCUT2D eigenvalue weighted by atomic mass is 10.0. The van der Waals surface area contributed by atoms with Gasteiger partial charge in [-0.25, -0.2) is 0 Å². The number of amides is 1. The lowest BCUT2D eigenvalue weighted by molar-refractivity contribution is 0.0930. The third-order valence-electron chi connectivity index (χ3n) is 5.36. The van der Waals surface area contributed by atoms with Crippen molar-refractivity contribution < 1.29 is 4.79 Å². The number of nitrogens with zero attached hydrogens (tertiary/aromatic N) is 4. The van der Waals surface area contributed by atoms with Crippen LogP contribution in [0.15, 0.2) is 30.5 Å². The fraction of sp³-hybridized carbons (Fsp3) is 0.476. The van der Waals surface area contributed by atoms with E-state index < -0.39 is 0 Å². The summed E-state index contributed by atoms with van der Waals surface area (Å²) < 4.78 is 4.17. The highest BCUT2D eigenvalue weighted by Crippen LogP contribution is 2.25. The maximum Gasteiger partial charge on any atom is 0.254 e. The molecule has 2 N–H and O–H groups in total. The van der Waals surface area contributed by atoms with Crippen molar-refractivity contribution in [3.05, 3.63) is 47.7 Å². The van der Waals surface area contributed by atoms with Crippen LogP contribution in [0.25, 0.3) is 10.9 Å². The van der Waals surface area contributed by atoms with Crippen LogP contribution >= 0.6 is 0 Å². The van der Waals surface area contributed by atoms with E-state index in [1.165, 1.54) is 0 Å². The van der Waals surface area contributed by atoms with Gasteiger partial charge in [-0.05, 0) is 18.4 Å². The smallest absolute Gasteiger partial charge is 0.254 e. The van der Waals surface area contributed by atoms with E-state index in [0.717, 1.165) is 55.0 Å². The number of hydrogen-bond donors (Lipinski definition) is 2. The van der Waals surface area contributed by atoms with Crippen LogP contribution in [0.3, 0.4) is 0 Å². The van der Waals surface area contributed by atoms with E-state index in [2.05, 4.69) is 39.2 Å². The normalized spacial score (nSPS) is 15.4. The molecule has 1 aliphatic heterocycles. The van der Waals surface area contributed by atoms with Crippen molar-refractivity contribution in [2.24, 2.45) is 13.0 Å². The topological polar surface area (TPSA) is 76.8 Å². The van der Waals surface area contributed by atoms with Crippen molar-refractivity contribution in [1.82, 2.24) is 30.0 Å². The first-order chi connectivity index (χ1) is 13.5. The maximum absolute atomic E-state index is 13.2. The zero-order chi connectivity index (χ0) is 19.7. The molecule has 0 bridgehead atoms. The number of nitrogens with one attached hydrogen (secondary N) is 2. The number of rotatable bonds is 5. The molecule has 1 atom stereocenters. The number of fused-ring (bicyclic) bond motifs is 2. The van der Waals surface area contributed by atoms with Gasteiger partial charge in [0.25, 0.3) is 5.91 Å². The summed E-state index contributed by atoms with van der Waals surface area (Å²) in [6.45, 7) is 6.96. The minimum absolute atomic E-state index is 0.0634. The van der Waals surface area contributed by atoms with E-state index >= 15 is 0 Å². The van der Waals surface area contributed by atoms with Crippen LogP contribution in [-0.4, -0.2) is 38.3 Å². The summed E-state index contributed by atoms with van der Waals surface area (Å²) in [5.41, 5.74) is 1.75. The molecule has 3 aromatic rings. The average molecular weight is 380 g/mol. The van der Waals surface area contributed by atoms with Gasteiger partial charge in [-0.1, -0.05) is 32.0 Å². The Morgan fingerprint density at radius 1 is 1.25 bits per heavy atom. The van der Waals surface area contributed by atoms with Gasteiger partial charge in [-0.15, -0.1) is 10.2 Å². The van der Waals surface area contributed by atoms with Crippen molar-refractivity contribution in [3.63, 3.8) is 0 Å². The summed E-state index contributed by atoms with van der Waals surface area (Å²) in [5, 5.41) is 16.5. The van der Waals surface area contributed by atoms with Gasteiger partial charge in [0.05, 0.1) is 11.6 Å². The molecule has 0 aliphatic carbocycles. The highest BCUT2D eigenvalue weighted by atomic mass is 16.1. The van der Waals surface area contributed by atoms with Gasteiger partial charge in [0.1, 0.15) is 5.82 Å². The van der Waals surface area contributed by atoms with E-state index in [-0.39, 0.29) is 11.9 Å². The lowest BCUT2D eigenvalue weighted by Gasteiger charge is -2.21. The van der Waals surface area contributed by atoms with Crippen LogP contribution in [0.5, 0.6) is 0 Å². The van der Waals surface area contributed by atoms with E-state index in [1.807, 2.05) is 42.1 Å². The molecule has 0 saturated heterocycles. The first kappa shape index (κ1) is 18.7. The van der Waals surface area contributed by atoms with Crippen molar-refractivity contribution in [2.45, 2.75) is 39.3 Å². The molecule has 7 nitrogen and oxygen atoms in total. The molecule has 1 aliphatic rings. The fourth-order valence-corrected chi connectivity index (χ4v) is 4.01. The van der Waals surface area contributed by atoms with Crippen LogP contribution in [0.4, 0.5) is 0 Å². The number of aryl methyl sites for hydroxylation is 1. The minimum Gasteiger partial charge on any atom is -0.350 e. The predicted octanol–water partition coefficient (Wildman–Crippen LogP) is 2.43. The van der Waals surface area contributed by atoms with Crippen LogP contribution in [0.1, 0.15) is 48.3 Å². The van der Waals surface area contributed by atoms with Crippen molar-refractivity contribution in [2.75, 3.05) is 13.1 Å². The Bertz CT molecular complexity index is 986. The molecule has 1 aromatic carbocycles. The van der Waals surface area contributed by atoms with Crippen molar-refractivity contribution in [1.29, 1.82) is 0 Å². The van der Waals surface area contributed by atoms with Crippen LogP contribution in [0.2, 0.25) is 0 Å². The number of hydrogen-bond acceptors (Lipinski definition) is 4. The zero-order valence-electron chi connectivity index (χ0n) is 16.8. The lowest BCUT2D eigenvalue weighted by Crippen LogP contribution is -2.32. The van der Waals surface area contributed by atoms with Gasteiger partial charge in [-0.2, -0.15) is 0 Å². The SMILES string of the molecule is CC(C)CC(NC(=O)c1cn(C)c2ccccc12)c1nnc2n1CCNCC2. The Labute approximate surface area is 165 Å². The van der Waals surface area contributed by atoms with Crippen LogP contribution < -0.4 is 10.6 Å². The second kappa shape index (κ2) is 7.75. The quantitative estimate of drug-likeness (QED) is 0.713. The molecule has 148 valence electrons. The Morgan fingerprint density at radius 3 is 2.89 bits per heavy atom. The maximum atomic E-state index is 13.2. The fourth-order valence-electron chi connectivity index (χ4n) is 4.01. The monoisotopic (exact) mass is 380 g/mol. The Kier molecular flexibility index (Phi) is 5.17. The Morgan fingerprint density at radius 2 is 2.07 bits per heavy atom. The predicted molar refractivity (Wildman–Crippen MR) is 109 cm³/mol. The van der Waals surface area contributed by atoms with Gasteiger partial charge in [0, 0.05) is 50.2 Å². The summed E-state index contributed by atoms with van der Waals surface area (Å²) in [5.74, 6) is 2.22. The van der Waals surface area contributed by atoms with Gasteiger partial charge in [0.15, 0.2) is 5.82 Å². The molecule has 7 heteroatoms. The molecule has 0 radical (unpaired) electrons. The first-order valence-electron chi connectivity index (χ1n) is 10.0. The van der Waals surface area contributed by atoms with Gasteiger partial charge in [-0.3, -0.25) is 4.79 Å². The molecule has 3 heterocycles. The minimum atomic E-state index is -0.161. The van der Waals surface area contributed by atoms with E-state index in [0.29, 0.717) is 11.5 Å². The summed E-state index contributed by atoms with van der Waals surface area (Å²) >= 11 is 0. The summed E-state index contributed by atoms with van der Waals surface area (Å²) in [6, 6.07) is 7.83. The highest BCUT2D eigenvalue weighted by Gasteiger charge is 2.26. The molecular formula is C21H28N6O. The third-order valence-corrected chi connectivity index (χ3v) is 5.36. The van der Waals surface area contributed by atoms with Gasteiger partial charge < -0.3 is 19.8 Å². The molecule has 28 heavy (non-hydrogen) atoms. The molecule has 0 fully saturated rings. The molecular weight excluding hydrogens is 352 g/mol. The van der Waals surface area contributed by atoms with Gasteiger partial charge in [0.2, 0.25) is 0 Å². The number of benzene rings is 1. The van der Waals surface area contributed by atoms with Crippen molar-refractivity contribution >= 4 is 16.8 Å². The molecule has 2 aromatic heterocycles. The first-order valence-corrected chi connectivity index (χ1v) is 10.0. The zero-order valence-corrected chi connectivity index (χ0v) is 16.8. The highest BCUT2D eigenvalue weighted by molar-refractivity contribution is 6.07. The van der Waals surface area contributed by atoms with Crippen molar-refractivity contribution in [3.8, 4) is 0 Å². The van der Waals surface area contributed by atoms with Gasteiger partial charge >= 0.3 is 0 Å². The third kappa shape index (κ3) is 3.54. The summed E-state index contributed by atoms with van der Waals surface area (Å²) in [7, 11) is 1.97. The largest absolute Gasteiger partial charge is 0.350 e. The average Bonchev–Trinajstić information content (AvgIpc) is 3.14. The van der Waals surface area contributed by atoms with E-state index in [9.17, 15) is 4.79 Å². The molecule has 0 spiro atoms. The number of para-hydroxylation sites is 1. The molecule has 1 amide bonds. The van der Waals surface area contributed by atoms with Crippen LogP contribution in [0, 0.1) is 5.92 Å². The second-order valence-corrected chi connectivity index (χ2v) is 7.95. The summed E-state index contributed by atoms with van der Waals surface area (Å²) in [6.07, 6.45) is 3.58. The number of carbonyl (C=O) groups excluding carboxylic acids is 1. The standard InChI is InChI=1S/C21H28N6O/c1-14(2)12-17(20-25-24-19-8-9-22-10-11-27(19)20)23-21(28)16-13-26(3)18-7-5-4-6-15(16)18/h4-7,13-14,17,22H,8-12H2,1-3H3,(H,23,28). The van der Waals surface area contributed by atoms with E-state index in [1.54, 1.807) is 0 Å². The molecule has 4 rings (SSSR count). The number of carbonyl (C=O) groups is 1. The Hall–Kier alpha value is -2.67. The summed E-state index contributed by atoms with van der Waals surface area (Å²) in [4.78, 5) is 13.2. The number of aromatic nitrogens is 4.